The molecule has 3 aromatic rings. The molecule has 6 rings (SSSR count). The van der Waals surface area contributed by atoms with Crippen LogP contribution in [0.2, 0.25) is 0 Å². The summed E-state index contributed by atoms with van der Waals surface area (Å²) in [5.41, 5.74) is 1.82. The van der Waals surface area contributed by atoms with E-state index >= 15 is 0 Å². The molecule has 234 valence electrons. The molecule has 9 heteroatoms. The van der Waals surface area contributed by atoms with Gasteiger partial charge in [0.2, 0.25) is 11.8 Å². The van der Waals surface area contributed by atoms with Crippen molar-refractivity contribution >= 4 is 23.7 Å². The number of methoxy groups -OCH3 is 1. The summed E-state index contributed by atoms with van der Waals surface area (Å²) in [6, 6.07) is 23.5. The molecule has 0 aromatic heterocycles. The highest BCUT2D eigenvalue weighted by atomic mass is 16.5. The first kappa shape index (κ1) is 30.4. The Morgan fingerprint density at radius 1 is 0.844 bits per heavy atom. The van der Waals surface area contributed by atoms with Crippen molar-refractivity contribution in [1.29, 1.82) is 0 Å². The predicted octanol–water partition coefficient (Wildman–Crippen LogP) is 4.36. The maximum atomic E-state index is 14.6. The lowest BCUT2D eigenvalue weighted by Gasteiger charge is -2.44. The first-order valence-electron chi connectivity index (χ1n) is 15.8. The Morgan fingerprint density at radius 3 is 2.27 bits per heavy atom. The van der Waals surface area contributed by atoms with Gasteiger partial charge in [0.15, 0.2) is 0 Å². The Hall–Kier alpha value is -4.66. The smallest absolute Gasteiger partial charge is 0.326 e. The second kappa shape index (κ2) is 12.8. The van der Waals surface area contributed by atoms with E-state index in [4.69, 9.17) is 4.74 Å². The molecule has 0 bridgehead atoms. The van der Waals surface area contributed by atoms with Crippen LogP contribution >= 0.6 is 0 Å². The summed E-state index contributed by atoms with van der Waals surface area (Å²) >= 11 is 0. The monoisotopic (exact) mass is 609 g/mol. The highest BCUT2D eigenvalue weighted by Gasteiger charge is 2.52. The molecule has 3 aromatic carbocycles. The number of hydrogen-bond donors (Lipinski definition) is 2. The Kier molecular flexibility index (Phi) is 8.61. The summed E-state index contributed by atoms with van der Waals surface area (Å²) in [5.74, 6) is -1.25. The van der Waals surface area contributed by atoms with Gasteiger partial charge in [-0.1, -0.05) is 66.7 Å². The zero-order valence-electron chi connectivity index (χ0n) is 25.5. The van der Waals surface area contributed by atoms with Gasteiger partial charge >= 0.3 is 5.97 Å². The number of carbonyl (C=O) groups is 4. The van der Waals surface area contributed by atoms with Crippen LogP contribution in [-0.2, 0) is 19.8 Å². The molecule has 0 spiro atoms. The maximum absolute atomic E-state index is 14.6. The second-order valence-corrected chi connectivity index (χ2v) is 12.2. The van der Waals surface area contributed by atoms with E-state index in [0.717, 1.165) is 16.7 Å². The first-order chi connectivity index (χ1) is 21.8. The van der Waals surface area contributed by atoms with Crippen molar-refractivity contribution in [1.82, 2.24) is 15.1 Å². The summed E-state index contributed by atoms with van der Waals surface area (Å²) in [5, 5.41) is 13.0. The van der Waals surface area contributed by atoms with Crippen LogP contribution in [0.25, 0.3) is 0 Å². The van der Waals surface area contributed by atoms with Gasteiger partial charge < -0.3 is 25.0 Å². The summed E-state index contributed by atoms with van der Waals surface area (Å²) in [6.07, 6.45) is 3.22. The number of aliphatic carboxylic acids is 1. The molecule has 0 radical (unpaired) electrons. The fraction of sp³-hybridized carbons (Fsp3) is 0.389. The van der Waals surface area contributed by atoms with Gasteiger partial charge in [0, 0.05) is 25.7 Å². The van der Waals surface area contributed by atoms with Gasteiger partial charge in [-0.05, 0) is 67.3 Å². The first-order valence-corrected chi connectivity index (χ1v) is 15.8. The van der Waals surface area contributed by atoms with Gasteiger partial charge in [0.25, 0.3) is 5.91 Å². The zero-order chi connectivity index (χ0) is 31.6. The molecule has 3 atom stereocenters. The molecule has 2 N–H and O–H groups in total. The van der Waals surface area contributed by atoms with Crippen LogP contribution < -0.4 is 10.1 Å². The Bertz CT molecular complexity index is 1580. The van der Waals surface area contributed by atoms with Crippen LogP contribution in [-0.4, -0.2) is 77.4 Å². The molecule has 0 unspecified atom stereocenters. The molecule has 45 heavy (non-hydrogen) atoms. The lowest BCUT2D eigenvalue weighted by atomic mass is 9.62. The second-order valence-electron chi connectivity index (χ2n) is 12.2. The van der Waals surface area contributed by atoms with E-state index in [9.17, 15) is 24.3 Å². The third-order valence-corrected chi connectivity index (χ3v) is 9.83. The average Bonchev–Trinajstić information content (AvgIpc) is 3.58. The number of nitrogens with zero attached hydrogens (tertiary/aromatic N) is 2. The minimum Gasteiger partial charge on any atom is -0.496 e. The highest BCUT2D eigenvalue weighted by Crippen LogP contribution is 2.49. The van der Waals surface area contributed by atoms with Crippen LogP contribution in [0.3, 0.4) is 0 Å². The van der Waals surface area contributed by atoms with E-state index < -0.39 is 23.3 Å². The molecular formula is C36H39N3O6. The topological polar surface area (TPSA) is 116 Å². The lowest BCUT2D eigenvalue weighted by Crippen LogP contribution is -2.54. The number of piperidine rings is 1. The minimum absolute atomic E-state index is 0.0238. The van der Waals surface area contributed by atoms with Crippen molar-refractivity contribution in [3.8, 4) is 5.75 Å². The summed E-state index contributed by atoms with van der Waals surface area (Å²) in [7, 11) is 1.54. The number of amides is 3. The van der Waals surface area contributed by atoms with Crippen molar-refractivity contribution in [3.63, 3.8) is 0 Å². The molecular weight excluding hydrogens is 570 g/mol. The van der Waals surface area contributed by atoms with Gasteiger partial charge in [-0.2, -0.15) is 0 Å². The van der Waals surface area contributed by atoms with E-state index in [1.54, 1.807) is 30.2 Å². The summed E-state index contributed by atoms with van der Waals surface area (Å²) in [4.78, 5) is 57.2. The van der Waals surface area contributed by atoms with Crippen LogP contribution in [0, 0.1) is 0 Å². The van der Waals surface area contributed by atoms with Gasteiger partial charge in [0.05, 0.1) is 24.0 Å². The summed E-state index contributed by atoms with van der Waals surface area (Å²) in [6.45, 7) is 1.44. The number of benzene rings is 3. The Morgan fingerprint density at radius 2 is 1.53 bits per heavy atom. The molecule has 0 saturated carbocycles. The molecule has 2 aliphatic heterocycles. The van der Waals surface area contributed by atoms with Gasteiger partial charge in [-0.15, -0.1) is 0 Å². The van der Waals surface area contributed by atoms with Gasteiger partial charge in [-0.3, -0.25) is 14.4 Å². The number of fused-ring (bicyclic) bond motifs is 1. The molecule has 9 nitrogen and oxygen atoms in total. The van der Waals surface area contributed by atoms with Crippen LogP contribution in [0.1, 0.15) is 71.5 Å². The number of hydrogen-bond acceptors (Lipinski definition) is 5. The summed E-state index contributed by atoms with van der Waals surface area (Å²) < 4.78 is 5.34. The number of para-hydroxylation sites is 1. The van der Waals surface area contributed by atoms with Crippen molar-refractivity contribution in [3.05, 3.63) is 101 Å². The zero-order valence-corrected chi connectivity index (χ0v) is 25.5. The number of nitrogens with one attached hydrogen (secondary N) is 1. The number of carbonyl (C=O) groups excluding carboxylic acids is 3. The SMILES string of the molecule is COc1ccccc1C(=O)NC1CCN(C(=O)[C@H]2CC[C@@](C(=O)N3CCC[C@H]3C(=O)O)(c3ccccc3)c3ccccc32)CC1. The Balaban J connectivity index is 1.23. The quantitative estimate of drug-likeness (QED) is 0.412. The minimum atomic E-state index is -1.08. The predicted molar refractivity (Wildman–Crippen MR) is 168 cm³/mol. The van der Waals surface area contributed by atoms with Gasteiger partial charge in [-0.25, -0.2) is 4.79 Å². The van der Waals surface area contributed by atoms with E-state index in [0.29, 0.717) is 69.5 Å². The van der Waals surface area contributed by atoms with Crippen molar-refractivity contribution in [2.75, 3.05) is 26.7 Å². The standard InChI is InChI=1S/C36H39N3O6/c1-45-31-16-8-6-13-28(31)32(40)37-25-18-22-38(23-19-25)33(41)27-17-20-36(24-10-3-2-4-11-24,29-14-7-5-12-26(27)29)35(44)39-21-9-15-30(39)34(42)43/h2-8,10-14,16,25,27,30H,9,15,17-23H2,1H3,(H,37,40)(H,42,43)/t27-,30-,36+/m0/s1. The van der Waals surface area contributed by atoms with Crippen molar-refractivity contribution in [2.45, 2.75) is 61.9 Å². The number of rotatable bonds is 7. The largest absolute Gasteiger partial charge is 0.496 e. The van der Waals surface area contributed by atoms with Crippen LogP contribution in [0.5, 0.6) is 5.75 Å². The Labute approximate surface area is 263 Å². The molecule has 1 aliphatic carbocycles. The molecule has 2 fully saturated rings. The molecule has 2 saturated heterocycles. The third-order valence-electron chi connectivity index (χ3n) is 9.83. The molecule has 2 heterocycles. The van der Waals surface area contributed by atoms with Crippen LogP contribution in [0.4, 0.5) is 0 Å². The number of carboxylic acids is 1. The fourth-order valence-corrected chi connectivity index (χ4v) is 7.54. The van der Waals surface area contributed by atoms with Crippen molar-refractivity contribution < 1.29 is 29.0 Å². The molecule has 3 amide bonds. The maximum Gasteiger partial charge on any atom is 0.326 e. The number of likely N-dealkylation sites (tertiary alicyclic amines) is 2. The number of ether oxygens (including phenoxy) is 1. The van der Waals surface area contributed by atoms with Crippen molar-refractivity contribution in [2.24, 2.45) is 0 Å². The van der Waals surface area contributed by atoms with E-state index in [2.05, 4.69) is 5.32 Å². The van der Waals surface area contributed by atoms with E-state index in [-0.39, 0.29) is 23.8 Å². The van der Waals surface area contributed by atoms with Gasteiger partial charge in [0.1, 0.15) is 11.8 Å². The van der Waals surface area contributed by atoms with E-state index in [1.165, 1.54) is 0 Å². The average molecular weight is 610 g/mol. The highest BCUT2D eigenvalue weighted by molar-refractivity contribution is 5.98. The van der Waals surface area contributed by atoms with E-state index in [1.807, 2.05) is 65.6 Å². The van der Waals surface area contributed by atoms with Crippen LogP contribution in [0.15, 0.2) is 78.9 Å². The normalized spacial score (nSPS) is 23.2. The fourth-order valence-electron chi connectivity index (χ4n) is 7.54. The number of carboxylic acid groups (broad SMARTS) is 1. The molecule has 3 aliphatic rings. The third kappa shape index (κ3) is 5.56. The lowest BCUT2D eigenvalue weighted by molar-refractivity contribution is -0.150.